The molecule has 0 saturated heterocycles. The van der Waals surface area contributed by atoms with Gasteiger partial charge in [0.05, 0.1) is 31.0 Å². The van der Waals surface area contributed by atoms with E-state index in [-0.39, 0.29) is 6.42 Å². The predicted molar refractivity (Wildman–Crippen MR) is 90.3 cm³/mol. The molecular formula is C17H25N3O4. The maximum absolute atomic E-state index is 11.2. The van der Waals surface area contributed by atoms with Crippen molar-refractivity contribution < 1.29 is 19.4 Å². The second kappa shape index (κ2) is 8.77. The Morgan fingerprint density at radius 1 is 1.25 bits per heavy atom. The van der Waals surface area contributed by atoms with Gasteiger partial charge in [0.25, 0.3) is 0 Å². The summed E-state index contributed by atoms with van der Waals surface area (Å²) in [4.78, 5) is 17.9. The van der Waals surface area contributed by atoms with Gasteiger partial charge in [-0.15, -0.1) is 0 Å². The number of ether oxygens (including phenoxy) is 2. The highest BCUT2D eigenvalue weighted by Crippen LogP contribution is 2.17. The first kappa shape index (κ1) is 18.4. The van der Waals surface area contributed by atoms with Crippen LogP contribution < -0.4 is 0 Å². The van der Waals surface area contributed by atoms with Crippen LogP contribution in [0.2, 0.25) is 0 Å². The lowest BCUT2D eigenvalue weighted by Gasteiger charge is -2.22. The zero-order valence-electron chi connectivity index (χ0n) is 14.5. The zero-order chi connectivity index (χ0) is 17.5. The second-order valence-electron chi connectivity index (χ2n) is 5.77. The SMILES string of the molecule is COCCN(CCOC)Cc1c(CC(=O)O)nc2ccc(C)cn12. The molecule has 0 atom stereocenters. The van der Waals surface area contributed by atoms with Crippen LogP contribution >= 0.6 is 0 Å². The minimum atomic E-state index is -0.878. The van der Waals surface area contributed by atoms with Gasteiger partial charge < -0.3 is 19.0 Å². The summed E-state index contributed by atoms with van der Waals surface area (Å²) in [5.41, 5.74) is 3.38. The number of methoxy groups -OCH3 is 2. The molecule has 0 aliphatic rings. The van der Waals surface area contributed by atoms with E-state index in [0.717, 1.165) is 30.0 Å². The number of hydrogen-bond acceptors (Lipinski definition) is 5. The maximum atomic E-state index is 11.2. The first-order chi connectivity index (χ1) is 11.5. The normalized spacial score (nSPS) is 11.5. The molecule has 2 aromatic rings. The Labute approximate surface area is 141 Å². The van der Waals surface area contributed by atoms with Crippen LogP contribution in [-0.4, -0.2) is 65.9 Å². The van der Waals surface area contributed by atoms with Crippen LogP contribution in [-0.2, 0) is 27.2 Å². The van der Waals surface area contributed by atoms with E-state index in [4.69, 9.17) is 9.47 Å². The number of carbonyl (C=O) groups is 1. The highest BCUT2D eigenvalue weighted by molar-refractivity contribution is 5.70. The highest BCUT2D eigenvalue weighted by Gasteiger charge is 2.18. The van der Waals surface area contributed by atoms with Crippen molar-refractivity contribution in [2.45, 2.75) is 19.9 Å². The maximum Gasteiger partial charge on any atom is 0.309 e. The molecule has 0 radical (unpaired) electrons. The summed E-state index contributed by atoms with van der Waals surface area (Å²) in [5.74, 6) is -0.878. The smallest absolute Gasteiger partial charge is 0.309 e. The van der Waals surface area contributed by atoms with E-state index < -0.39 is 5.97 Å². The largest absolute Gasteiger partial charge is 0.481 e. The van der Waals surface area contributed by atoms with Crippen molar-refractivity contribution in [1.82, 2.24) is 14.3 Å². The molecule has 0 aromatic carbocycles. The molecule has 0 spiro atoms. The molecular weight excluding hydrogens is 310 g/mol. The number of fused-ring (bicyclic) bond motifs is 1. The number of pyridine rings is 1. The number of carboxylic acid groups (broad SMARTS) is 1. The molecule has 2 rings (SSSR count). The third kappa shape index (κ3) is 4.77. The minimum Gasteiger partial charge on any atom is -0.481 e. The van der Waals surface area contributed by atoms with Gasteiger partial charge in [-0.05, 0) is 18.6 Å². The van der Waals surface area contributed by atoms with Crippen molar-refractivity contribution in [3.8, 4) is 0 Å². The number of rotatable bonds is 10. The lowest BCUT2D eigenvalue weighted by Crippen LogP contribution is -2.31. The molecule has 0 aliphatic heterocycles. The summed E-state index contributed by atoms with van der Waals surface area (Å²) in [5, 5.41) is 9.19. The summed E-state index contributed by atoms with van der Waals surface area (Å²) in [6.45, 7) is 5.30. The monoisotopic (exact) mass is 335 g/mol. The third-order valence-corrected chi connectivity index (χ3v) is 3.86. The number of carboxylic acids is 1. The highest BCUT2D eigenvalue weighted by atomic mass is 16.5. The van der Waals surface area contributed by atoms with Gasteiger partial charge in [0.2, 0.25) is 0 Å². The number of aromatic nitrogens is 2. The Morgan fingerprint density at radius 2 is 1.92 bits per heavy atom. The van der Waals surface area contributed by atoms with E-state index in [0.29, 0.717) is 25.5 Å². The molecule has 7 heteroatoms. The molecule has 0 bridgehead atoms. The zero-order valence-corrected chi connectivity index (χ0v) is 14.5. The average molecular weight is 335 g/mol. The Morgan fingerprint density at radius 3 is 2.50 bits per heavy atom. The number of aryl methyl sites for hydroxylation is 1. The quantitative estimate of drug-likeness (QED) is 0.707. The van der Waals surface area contributed by atoms with E-state index in [1.54, 1.807) is 14.2 Å². The van der Waals surface area contributed by atoms with Crippen LogP contribution in [0.4, 0.5) is 0 Å². The van der Waals surface area contributed by atoms with E-state index in [1.165, 1.54) is 0 Å². The van der Waals surface area contributed by atoms with Crippen molar-refractivity contribution in [2.75, 3.05) is 40.5 Å². The molecule has 0 amide bonds. The molecule has 0 unspecified atom stereocenters. The van der Waals surface area contributed by atoms with Crippen LogP contribution in [0.25, 0.3) is 5.65 Å². The van der Waals surface area contributed by atoms with Crippen LogP contribution in [0, 0.1) is 6.92 Å². The number of aliphatic carboxylic acids is 1. The van der Waals surface area contributed by atoms with Gasteiger partial charge in [0.1, 0.15) is 5.65 Å². The van der Waals surface area contributed by atoms with Gasteiger partial charge >= 0.3 is 5.97 Å². The summed E-state index contributed by atoms with van der Waals surface area (Å²) >= 11 is 0. The Hall–Kier alpha value is -1.96. The Bertz CT molecular complexity index is 676. The lowest BCUT2D eigenvalue weighted by molar-refractivity contribution is -0.136. The Kier molecular flexibility index (Phi) is 6.72. The van der Waals surface area contributed by atoms with Gasteiger partial charge in [0, 0.05) is 40.1 Å². The van der Waals surface area contributed by atoms with Gasteiger partial charge in [-0.3, -0.25) is 9.69 Å². The standard InChI is InChI=1S/C17H25N3O4/c1-13-4-5-16-18-14(10-17(21)22)15(20(16)11-13)12-19(6-8-23-2)7-9-24-3/h4-5,11H,6-10,12H2,1-3H3,(H,21,22). The summed E-state index contributed by atoms with van der Waals surface area (Å²) in [7, 11) is 3.34. The van der Waals surface area contributed by atoms with Crippen molar-refractivity contribution in [2.24, 2.45) is 0 Å². The molecule has 7 nitrogen and oxygen atoms in total. The first-order valence-electron chi connectivity index (χ1n) is 7.93. The molecule has 0 saturated carbocycles. The van der Waals surface area contributed by atoms with E-state index in [2.05, 4.69) is 9.88 Å². The third-order valence-electron chi connectivity index (χ3n) is 3.86. The van der Waals surface area contributed by atoms with Crippen LogP contribution in [0.15, 0.2) is 18.3 Å². The number of nitrogens with zero attached hydrogens (tertiary/aromatic N) is 3. The minimum absolute atomic E-state index is 0.0849. The number of imidazole rings is 1. The van der Waals surface area contributed by atoms with Crippen LogP contribution in [0.3, 0.4) is 0 Å². The fourth-order valence-corrected chi connectivity index (χ4v) is 2.62. The predicted octanol–water partition coefficient (Wildman–Crippen LogP) is 1.36. The summed E-state index contributed by atoms with van der Waals surface area (Å²) < 4.78 is 12.3. The number of hydrogen-bond donors (Lipinski definition) is 1. The van der Waals surface area contributed by atoms with Crippen LogP contribution in [0.1, 0.15) is 17.0 Å². The van der Waals surface area contributed by atoms with Gasteiger partial charge in [0.15, 0.2) is 0 Å². The first-order valence-corrected chi connectivity index (χ1v) is 7.93. The van der Waals surface area contributed by atoms with Crippen LogP contribution in [0.5, 0.6) is 0 Å². The van der Waals surface area contributed by atoms with Crippen molar-refractivity contribution >= 4 is 11.6 Å². The average Bonchev–Trinajstić information content (AvgIpc) is 2.86. The van der Waals surface area contributed by atoms with E-state index in [1.807, 2.05) is 29.7 Å². The molecule has 0 aliphatic carbocycles. The van der Waals surface area contributed by atoms with Crippen molar-refractivity contribution in [1.29, 1.82) is 0 Å². The van der Waals surface area contributed by atoms with E-state index >= 15 is 0 Å². The fourth-order valence-electron chi connectivity index (χ4n) is 2.62. The summed E-state index contributed by atoms with van der Waals surface area (Å²) in [6.07, 6.45) is 1.91. The molecule has 132 valence electrons. The van der Waals surface area contributed by atoms with Crippen molar-refractivity contribution in [3.05, 3.63) is 35.3 Å². The van der Waals surface area contributed by atoms with Gasteiger partial charge in [-0.25, -0.2) is 4.98 Å². The topological polar surface area (TPSA) is 76.3 Å². The van der Waals surface area contributed by atoms with Gasteiger partial charge in [-0.1, -0.05) is 6.07 Å². The fraction of sp³-hybridized carbons (Fsp3) is 0.529. The second-order valence-corrected chi connectivity index (χ2v) is 5.77. The molecule has 2 aromatic heterocycles. The molecule has 24 heavy (non-hydrogen) atoms. The Balaban J connectivity index is 2.34. The molecule has 2 heterocycles. The summed E-state index contributed by atoms with van der Waals surface area (Å²) in [6, 6.07) is 3.89. The van der Waals surface area contributed by atoms with Crippen molar-refractivity contribution in [3.63, 3.8) is 0 Å². The lowest BCUT2D eigenvalue weighted by atomic mass is 10.2. The van der Waals surface area contributed by atoms with E-state index in [9.17, 15) is 9.90 Å². The molecule has 0 fully saturated rings. The van der Waals surface area contributed by atoms with Gasteiger partial charge in [-0.2, -0.15) is 0 Å². The molecule has 1 N–H and O–H groups in total.